The van der Waals surface area contributed by atoms with Crippen molar-refractivity contribution in [2.45, 2.75) is 86.8 Å². The van der Waals surface area contributed by atoms with E-state index in [1.165, 1.54) is 18.2 Å². The lowest BCUT2D eigenvalue weighted by molar-refractivity contribution is -0.156. The summed E-state index contributed by atoms with van der Waals surface area (Å²) in [6.45, 7) is 16.3. The summed E-state index contributed by atoms with van der Waals surface area (Å²) < 4.78 is 26.1. The van der Waals surface area contributed by atoms with Crippen molar-refractivity contribution in [2.24, 2.45) is 22.5 Å². The summed E-state index contributed by atoms with van der Waals surface area (Å²) in [6.07, 6.45) is -3.22. The Hall–Kier alpha value is -3.34. The molecule has 3 N–H and O–H groups in total. The molecule has 11 heteroatoms. The van der Waals surface area contributed by atoms with E-state index in [1.54, 1.807) is 20.8 Å². The zero-order chi connectivity index (χ0) is 30.2. The quantitative estimate of drug-likeness (QED) is 0.213. The van der Waals surface area contributed by atoms with Crippen LogP contribution < -0.4 is 15.2 Å². The third-order valence-corrected chi connectivity index (χ3v) is 5.03. The Morgan fingerprint density at radius 2 is 1.33 bits per heavy atom. The summed E-state index contributed by atoms with van der Waals surface area (Å²) in [7, 11) is 0. The lowest BCUT2D eigenvalue weighted by atomic mass is 9.86. The van der Waals surface area contributed by atoms with E-state index in [2.05, 4.69) is 0 Å². The number of carbonyl (C=O) groups excluding carboxylic acids is 3. The zero-order valence-electron chi connectivity index (χ0n) is 24.4. The van der Waals surface area contributed by atoms with E-state index in [1.807, 2.05) is 41.5 Å². The first-order valence-corrected chi connectivity index (χ1v) is 12.8. The van der Waals surface area contributed by atoms with E-state index in [4.69, 9.17) is 29.4 Å². The number of carbonyl (C=O) groups is 4. The van der Waals surface area contributed by atoms with Crippen molar-refractivity contribution in [3.63, 3.8) is 0 Å². The van der Waals surface area contributed by atoms with E-state index in [0.717, 1.165) is 0 Å². The van der Waals surface area contributed by atoms with E-state index >= 15 is 0 Å². The van der Waals surface area contributed by atoms with Crippen molar-refractivity contribution in [1.29, 1.82) is 0 Å². The molecule has 0 saturated carbocycles. The maximum atomic E-state index is 12.4. The van der Waals surface area contributed by atoms with Gasteiger partial charge in [-0.15, -0.1) is 0 Å². The fraction of sp³-hybridized carbons (Fsp3) is 0.643. The molecule has 0 radical (unpaired) electrons. The number of aliphatic carboxylic acids is 1. The molecule has 220 valence electrons. The second-order valence-corrected chi connectivity index (χ2v) is 12.4. The summed E-state index contributed by atoms with van der Waals surface area (Å²) >= 11 is 0. The standard InChI is InChI=1S/C28H43NO10/c1-17(2)22(30)37-18(3)13-28(29,23(31)32)14-19-10-11-20(38-24(33)35-15-26(4,5)6)21(12-19)39-25(34)36-16-27(7,8)9/h10-12,17-18H,13-16,29H2,1-9H3,(H,31,32)/t18-,28?/m0/s1. The Bertz CT molecular complexity index is 1020. The molecule has 0 bridgehead atoms. The Kier molecular flexibility index (Phi) is 11.8. The molecule has 1 aromatic rings. The summed E-state index contributed by atoms with van der Waals surface area (Å²) in [6, 6.07) is 4.15. The third-order valence-electron chi connectivity index (χ3n) is 5.03. The van der Waals surface area contributed by atoms with Gasteiger partial charge >= 0.3 is 24.2 Å². The van der Waals surface area contributed by atoms with Gasteiger partial charge < -0.3 is 34.5 Å². The van der Waals surface area contributed by atoms with Crippen molar-refractivity contribution in [3.05, 3.63) is 23.8 Å². The molecule has 11 nitrogen and oxygen atoms in total. The van der Waals surface area contributed by atoms with Crippen LogP contribution in [0.25, 0.3) is 0 Å². The van der Waals surface area contributed by atoms with Gasteiger partial charge in [-0.25, -0.2) is 9.59 Å². The van der Waals surface area contributed by atoms with E-state index in [9.17, 15) is 24.3 Å². The molecule has 0 spiro atoms. The van der Waals surface area contributed by atoms with Gasteiger partial charge in [0.25, 0.3) is 0 Å². The van der Waals surface area contributed by atoms with Crippen LogP contribution in [0.15, 0.2) is 18.2 Å². The SMILES string of the molecule is CC(C)C(=O)O[C@@H](C)CC(N)(Cc1ccc(OC(=O)OCC(C)(C)C)c(OC(=O)OCC(C)(C)C)c1)C(=O)O. The number of carboxylic acid groups (broad SMARTS) is 1. The van der Waals surface area contributed by atoms with Crippen molar-refractivity contribution in [3.8, 4) is 11.5 Å². The first-order valence-electron chi connectivity index (χ1n) is 12.8. The van der Waals surface area contributed by atoms with Crippen LogP contribution in [-0.4, -0.2) is 54.2 Å². The van der Waals surface area contributed by atoms with Gasteiger partial charge in [0.15, 0.2) is 11.5 Å². The van der Waals surface area contributed by atoms with E-state index < -0.39 is 35.9 Å². The van der Waals surface area contributed by atoms with Gasteiger partial charge in [-0.2, -0.15) is 0 Å². The first kappa shape index (κ1) is 33.7. The van der Waals surface area contributed by atoms with Crippen molar-refractivity contribution in [2.75, 3.05) is 13.2 Å². The molecule has 0 aliphatic heterocycles. The topological polar surface area (TPSA) is 161 Å². The highest BCUT2D eigenvalue weighted by atomic mass is 16.7. The number of rotatable bonds is 11. The fourth-order valence-corrected chi connectivity index (χ4v) is 3.10. The predicted octanol–water partition coefficient (Wildman–Crippen LogP) is 5.11. The predicted molar refractivity (Wildman–Crippen MR) is 143 cm³/mol. The molecule has 0 fully saturated rings. The second-order valence-electron chi connectivity index (χ2n) is 12.4. The van der Waals surface area contributed by atoms with Gasteiger partial charge in [0.1, 0.15) is 11.6 Å². The van der Waals surface area contributed by atoms with Crippen LogP contribution in [-0.2, 0) is 30.2 Å². The largest absolute Gasteiger partial charge is 0.513 e. The third kappa shape index (κ3) is 12.8. The van der Waals surface area contributed by atoms with Gasteiger partial charge in [0, 0.05) is 12.8 Å². The minimum atomic E-state index is -1.82. The summed E-state index contributed by atoms with van der Waals surface area (Å²) in [5.74, 6) is -2.49. The maximum Gasteiger partial charge on any atom is 0.513 e. The number of hydrogen-bond donors (Lipinski definition) is 2. The molecule has 0 aliphatic carbocycles. The highest BCUT2D eigenvalue weighted by molar-refractivity contribution is 5.79. The lowest BCUT2D eigenvalue weighted by Crippen LogP contribution is -2.52. The summed E-state index contributed by atoms with van der Waals surface area (Å²) in [5.41, 5.74) is 4.15. The molecule has 0 saturated heterocycles. The molecule has 1 unspecified atom stereocenters. The van der Waals surface area contributed by atoms with Gasteiger partial charge in [0.2, 0.25) is 0 Å². The number of hydrogen-bond acceptors (Lipinski definition) is 10. The fourth-order valence-electron chi connectivity index (χ4n) is 3.10. The van der Waals surface area contributed by atoms with E-state index in [0.29, 0.717) is 5.56 Å². The van der Waals surface area contributed by atoms with Gasteiger partial charge in [-0.1, -0.05) is 61.5 Å². The molecule has 0 amide bonds. The molecule has 0 heterocycles. The Balaban J connectivity index is 3.22. The molecule has 39 heavy (non-hydrogen) atoms. The lowest BCUT2D eigenvalue weighted by Gasteiger charge is -2.28. The second kappa shape index (κ2) is 13.6. The molecule has 0 aliphatic rings. The number of benzene rings is 1. The van der Waals surface area contributed by atoms with Crippen LogP contribution in [0.3, 0.4) is 0 Å². The van der Waals surface area contributed by atoms with Gasteiger partial charge in [-0.05, 0) is 35.4 Å². The first-order chi connectivity index (χ1) is 17.7. The van der Waals surface area contributed by atoms with Crippen LogP contribution in [0, 0.1) is 16.7 Å². The van der Waals surface area contributed by atoms with Crippen molar-refractivity contribution >= 4 is 24.2 Å². The van der Waals surface area contributed by atoms with Crippen molar-refractivity contribution < 1.29 is 48.0 Å². The molecule has 2 atom stereocenters. The molecular weight excluding hydrogens is 510 g/mol. The number of nitrogens with two attached hydrogens (primary N) is 1. The molecule has 0 aromatic heterocycles. The van der Waals surface area contributed by atoms with Crippen LogP contribution in [0.5, 0.6) is 11.5 Å². The minimum absolute atomic E-state index is 0.0627. The van der Waals surface area contributed by atoms with Crippen LogP contribution in [0.2, 0.25) is 0 Å². The molecular formula is C28H43NO10. The number of esters is 1. The molecule has 1 aromatic carbocycles. The Labute approximate surface area is 230 Å². The Morgan fingerprint density at radius 3 is 1.77 bits per heavy atom. The van der Waals surface area contributed by atoms with Gasteiger partial charge in [0.05, 0.1) is 19.1 Å². The normalized spacial score (nSPS) is 14.1. The van der Waals surface area contributed by atoms with Crippen molar-refractivity contribution in [1.82, 2.24) is 0 Å². The number of ether oxygens (including phenoxy) is 5. The Morgan fingerprint density at radius 1 is 0.846 bits per heavy atom. The highest BCUT2D eigenvalue weighted by Crippen LogP contribution is 2.32. The average Bonchev–Trinajstić information content (AvgIpc) is 2.76. The smallest absolute Gasteiger partial charge is 0.480 e. The average molecular weight is 554 g/mol. The maximum absolute atomic E-state index is 12.4. The molecule has 1 rings (SSSR count). The van der Waals surface area contributed by atoms with Gasteiger partial charge in [-0.3, -0.25) is 9.59 Å². The van der Waals surface area contributed by atoms with Crippen LogP contribution in [0.1, 0.15) is 74.3 Å². The van der Waals surface area contributed by atoms with Crippen LogP contribution >= 0.6 is 0 Å². The minimum Gasteiger partial charge on any atom is -0.480 e. The number of carboxylic acids is 1. The monoisotopic (exact) mass is 553 g/mol. The summed E-state index contributed by atoms with van der Waals surface area (Å²) in [4.78, 5) is 48.7. The summed E-state index contributed by atoms with van der Waals surface area (Å²) in [5, 5.41) is 9.89. The zero-order valence-corrected chi connectivity index (χ0v) is 24.4. The van der Waals surface area contributed by atoms with Crippen LogP contribution in [0.4, 0.5) is 9.59 Å². The highest BCUT2D eigenvalue weighted by Gasteiger charge is 2.37. The van der Waals surface area contributed by atoms with E-state index in [-0.39, 0.29) is 54.3 Å².